The lowest BCUT2D eigenvalue weighted by molar-refractivity contribution is 0.0690. The Hall–Kier alpha value is -2.89. The topological polar surface area (TPSA) is 73.7 Å². The van der Waals surface area contributed by atoms with Crippen LogP contribution in [0.3, 0.4) is 0 Å². The SMILES string of the molecule is Cc1cccc(C(=O)N2CCN(c3cccc(C(=O)O)n3)CC2)c1. The van der Waals surface area contributed by atoms with Gasteiger partial charge in [0.2, 0.25) is 0 Å². The molecule has 1 N–H and O–H groups in total. The molecule has 1 aromatic carbocycles. The number of benzene rings is 1. The number of anilines is 1. The van der Waals surface area contributed by atoms with Crippen LogP contribution < -0.4 is 4.90 Å². The van der Waals surface area contributed by atoms with Gasteiger partial charge in [-0.15, -0.1) is 0 Å². The Morgan fingerprint density at radius 1 is 1.04 bits per heavy atom. The van der Waals surface area contributed by atoms with Gasteiger partial charge in [0.1, 0.15) is 5.82 Å². The van der Waals surface area contributed by atoms with Crippen molar-refractivity contribution in [2.45, 2.75) is 6.92 Å². The maximum absolute atomic E-state index is 12.6. The summed E-state index contributed by atoms with van der Waals surface area (Å²) in [5.74, 6) is -0.367. The maximum Gasteiger partial charge on any atom is 0.354 e. The van der Waals surface area contributed by atoms with Gasteiger partial charge in [0.15, 0.2) is 5.69 Å². The summed E-state index contributed by atoms with van der Waals surface area (Å²) in [5, 5.41) is 9.04. The Balaban J connectivity index is 1.66. The van der Waals surface area contributed by atoms with Crippen LogP contribution in [0.4, 0.5) is 5.82 Å². The molecule has 0 atom stereocenters. The first-order valence-electron chi connectivity index (χ1n) is 7.86. The predicted molar refractivity (Wildman–Crippen MR) is 90.5 cm³/mol. The summed E-state index contributed by atoms with van der Waals surface area (Å²) in [5.41, 5.74) is 1.80. The number of aryl methyl sites for hydroxylation is 1. The highest BCUT2D eigenvalue weighted by Crippen LogP contribution is 2.16. The van der Waals surface area contributed by atoms with Crippen molar-refractivity contribution < 1.29 is 14.7 Å². The number of amides is 1. The van der Waals surface area contributed by atoms with E-state index in [4.69, 9.17) is 5.11 Å². The molecule has 1 aliphatic rings. The number of carboxylic acids is 1. The van der Waals surface area contributed by atoms with Crippen molar-refractivity contribution in [2.24, 2.45) is 0 Å². The summed E-state index contributed by atoms with van der Waals surface area (Å²) in [4.78, 5) is 31.6. The lowest BCUT2D eigenvalue weighted by Gasteiger charge is -2.35. The molecule has 124 valence electrons. The van der Waals surface area contributed by atoms with Crippen LogP contribution in [0.2, 0.25) is 0 Å². The van der Waals surface area contributed by atoms with Gasteiger partial charge in [-0.05, 0) is 31.2 Å². The number of hydrogen-bond acceptors (Lipinski definition) is 4. The summed E-state index contributed by atoms with van der Waals surface area (Å²) in [6.07, 6.45) is 0. The summed E-state index contributed by atoms with van der Waals surface area (Å²) < 4.78 is 0. The molecule has 1 aromatic heterocycles. The van der Waals surface area contributed by atoms with Crippen molar-refractivity contribution in [1.29, 1.82) is 0 Å². The summed E-state index contributed by atoms with van der Waals surface area (Å²) in [6, 6.07) is 12.5. The van der Waals surface area contributed by atoms with Gasteiger partial charge in [0.25, 0.3) is 5.91 Å². The highest BCUT2D eigenvalue weighted by molar-refractivity contribution is 5.94. The summed E-state index contributed by atoms with van der Waals surface area (Å²) in [6.45, 7) is 4.41. The molecule has 0 aliphatic carbocycles. The molecule has 1 saturated heterocycles. The number of carbonyl (C=O) groups excluding carboxylic acids is 1. The van der Waals surface area contributed by atoms with Gasteiger partial charge in [-0.25, -0.2) is 9.78 Å². The van der Waals surface area contributed by atoms with Crippen molar-refractivity contribution in [3.8, 4) is 0 Å². The first-order valence-corrected chi connectivity index (χ1v) is 7.86. The smallest absolute Gasteiger partial charge is 0.354 e. The first kappa shape index (κ1) is 16.0. The zero-order valence-electron chi connectivity index (χ0n) is 13.5. The Labute approximate surface area is 140 Å². The second-order valence-electron chi connectivity index (χ2n) is 5.83. The molecule has 0 radical (unpaired) electrons. The Kier molecular flexibility index (Phi) is 4.46. The molecular formula is C18H19N3O3. The van der Waals surface area contributed by atoms with E-state index in [9.17, 15) is 9.59 Å². The highest BCUT2D eigenvalue weighted by Gasteiger charge is 2.23. The molecule has 3 rings (SSSR count). The third-order valence-electron chi connectivity index (χ3n) is 4.11. The van der Waals surface area contributed by atoms with Crippen molar-refractivity contribution in [1.82, 2.24) is 9.88 Å². The van der Waals surface area contributed by atoms with Crippen molar-refractivity contribution >= 4 is 17.7 Å². The molecule has 1 aliphatic heterocycles. The third-order valence-corrected chi connectivity index (χ3v) is 4.11. The standard InChI is InChI=1S/C18H19N3O3/c1-13-4-2-5-14(12-13)17(22)21-10-8-20(9-11-21)16-7-3-6-15(19-16)18(23)24/h2-7,12H,8-11H2,1H3,(H,23,24). The molecule has 2 aromatic rings. The molecule has 24 heavy (non-hydrogen) atoms. The van der Waals surface area contributed by atoms with E-state index in [1.54, 1.807) is 12.1 Å². The van der Waals surface area contributed by atoms with E-state index in [2.05, 4.69) is 4.98 Å². The van der Waals surface area contributed by atoms with E-state index in [1.165, 1.54) is 6.07 Å². The number of carbonyl (C=O) groups is 2. The number of aromatic carboxylic acids is 1. The fraction of sp³-hybridized carbons (Fsp3) is 0.278. The molecule has 6 heteroatoms. The van der Waals surface area contributed by atoms with E-state index < -0.39 is 5.97 Å². The van der Waals surface area contributed by atoms with Crippen LogP contribution in [-0.4, -0.2) is 53.0 Å². The van der Waals surface area contributed by atoms with Gasteiger partial charge in [0, 0.05) is 31.7 Å². The Morgan fingerprint density at radius 3 is 2.42 bits per heavy atom. The predicted octanol–water partition coefficient (Wildman–Crippen LogP) is 2.05. The van der Waals surface area contributed by atoms with Crippen LogP contribution in [0, 0.1) is 6.92 Å². The van der Waals surface area contributed by atoms with Crippen LogP contribution in [0.5, 0.6) is 0 Å². The summed E-state index contributed by atoms with van der Waals surface area (Å²) >= 11 is 0. The Bertz CT molecular complexity index is 768. The number of pyridine rings is 1. The lowest BCUT2D eigenvalue weighted by Crippen LogP contribution is -2.49. The average molecular weight is 325 g/mol. The molecular weight excluding hydrogens is 306 g/mol. The van der Waals surface area contributed by atoms with E-state index in [1.807, 2.05) is 41.0 Å². The number of rotatable bonds is 3. The van der Waals surface area contributed by atoms with Crippen LogP contribution in [0.15, 0.2) is 42.5 Å². The first-order chi connectivity index (χ1) is 11.5. The number of nitrogens with zero attached hydrogens (tertiary/aromatic N) is 3. The number of hydrogen-bond donors (Lipinski definition) is 1. The van der Waals surface area contributed by atoms with Crippen LogP contribution in [0.25, 0.3) is 0 Å². The molecule has 0 saturated carbocycles. The van der Waals surface area contributed by atoms with E-state index >= 15 is 0 Å². The zero-order chi connectivity index (χ0) is 17.1. The fourth-order valence-corrected chi connectivity index (χ4v) is 2.82. The molecule has 2 heterocycles. The highest BCUT2D eigenvalue weighted by atomic mass is 16.4. The number of carboxylic acid groups (broad SMARTS) is 1. The zero-order valence-corrected chi connectivity index (χ0v) is 13.5. The van der Waals surface area contributed by atoms with Crippen LogP contribution in [-0.2, 0) is 0 Å². The normalized spacial score (nSPS) is 14.5. The third kappa shape index (κ3) is 3.37. The monoisotopic (exact) mass is 325 g/mol. The molecule has 0 spiro atoms. The molecule has 0 bridgehead atoms. The molecule has 1 fully saturated rings. The number of piperazine rings is 1. The minimum absolute atomic E-state index is 0.0330. The molecule has 6 nitrogen and oxygen atoms in total. The second kappa shape index (κ2) is 6.70. The van der Waals surface area contributed by atoms with Gasteiger partial charge in [-0.1, -0.05) is 23.8 Å². The van der Waals surface area contributed by atoms with Crippen molar-refractivity contribution in [3.63, 3.8) is 0 Å². The van der Waals surface area contributed by atoms with Gasteiger partial charge < -0.3 is 14.9 Å². The average Bonchev–Trinajstić information content (AvgIpc) is 2.61. The minimum atomic E-state index is -1.04. The maximum atomic E-state index is 12.6. The van der Waals surface area contributed by atoms with E-state index in [0.717, 1.165) is 5.56 Å². The fourth-order valence-electron chi connectivity index (χ4n) is 2.82. The second-order valence-corrected chi connectivity index (χ2v) is 5.83. The van der Waals surface area contributed by atoms with Crippen molar-refractivity contribution in [3.05, 3.63) is 59.3 Å². The minimum Gasteiger partial charge on any atom is -0.477 e. The van der Waals surface area contributed by atoms with E-state index in [0.29, 0.717) is 37.6 Å². The van der Waals surface area contributed by atoms with Gasteiger partial charge in [0.05, 0.1) is 0 Å². The lowest BCUT2D eigenvalue weighted by atomic mass is 10.1. The molecule has 0 unspecified atom stereocenters. The van der Waals surface area contributed by atoms with Crippen LogP contribution in [0.1, 0.15) is 26.4 Å². The van der Waals surface area contributed by atoms with Gasteiger partial charge in [-0.3, -0.25) is 4.79 Å². The quantitative estimate of drug-likeness (QED) is 0.935. The summed E-state index contributed by atoms with van der Waals surface area (Å²) in [7, 11) is 0. The number of aromatic nitrogens is 1. The molecule has 1 amide bonds. The Morgan fingerprint density at radius 2 is 1.75 bits per heavy atom. The van der Waals surface area contributed by atoms with E-state index in [-0.39, 0.29) is 11.6 Å². The van der Waals surface area contributed by atoms with Crippen molar-refractivity contribution in [2.75, 3.05) is 31.1 Å². The van der Waals surface area contributed by atoms with Crippen LogP contribution >= 0.6 is 0 Å². The van der Waals surface area contributed by atoms with Gasteiger partial charge in [-0.2, -0.15) is 0 Å². The largest absolute Gasteiger partial charge is 0.477 e. The van der Waals surface area contributed by atoms with Gasteiger partial charge >= 0.3 is 5.97 Å².